The van der Waals surface area contributed by atoms with E-state index in [2.05, 4.69) is 5.32 Å². The van der Waals surface area contributed by atoms with Crippen molar-refractivity contribution in [3.8, 4) is 5.75 Å². The minimum absolute atomic E-state index is 0.0431. The number of nitrogens with zero attached hydrogens (tertiary/aromatic N) is 1. The van der Waals surface area contributed by atoms with E-state index in [0.29, 0.717) is 29.6 Å². The summed E-state index contributed by atoms with van der Waals surface area (Å²) in [7, 11) is 3.98. The number of ether oxygens (including phenoxy) is 1. The van der Waals surface area contributed by atoms with Gasteiger partial charge in [-0.3, -0.25) is 4.79 Å². The summed E-state index contributed by atoms with van der Waals surface area (Å²) in [5.41, 5.74) is 7.10. The van der Waals surface area contributed by atoms with Crippen molar-refractivity contribution in [3.05, 3.63) is 23.8 Å². The summed E-state index contributed by atoms with van der Waals surface area (Å²) in [5.74, 6) is 0.592. The number of nitrogens with two attached hydrogens (primary N) is 1. The van der Waals surface area contributed by atoms with Crippen LogP contribution in [0, 0.1) is 0 Å². The molecule has 0 saturated heterocycles. The molecule has 0 radical (unpaired) electrons. The lowest BCUT2D eigenvalue weighted by Gasteiger charge is -2.23. The van der Waals surface area contributed by atoms with E-state index in [1.54, 1.807) is 18.2 Å². The van der Waals surface area contributed by atoms with Crippen molar-refractivity contribution in [2.45, 2.75) is 38.1 Å². The highest BCUT2D eigenvalue weighted by atomic mass is 16.5. The Bertz CT molecular complexity index is 497. The highest BCUT2D eigenvalue weighted by Gasteiger charge is 2.17. The number of rotatable bonds is 6. The number of anilines is 1. The van der Waals surface area contributed by atoms with Crippen molar-refractivity contribution in [1.82, 2.24) is 10.2 Å². The minimum atomic E-state index is -0.0431. The Morgan fingerprint density at radius 1 is 1.32 bits per heavy atom. The van der Waals surface area contributed by atoms with Gasteiger partial charge in [-0.1, -0.05) is 19.3 Å². The second-order valence-corrected chi connectivity index (χ2v) is 6.21. The van der Waals surface area contributed by atoms with E-state index in [-0.39, 0.29) is 5.91 Å². The quantitative estimate of drug-likeness (QED) is 0.791. The van der Waals surface area contributed by atoms with E-state index in [4.69, 9.17) is 10.5 Å². The maximum Gasteiger partial charge on any atom is 0.251 e. The largest absolute Gasteiger partial charge is 0.490 e. The summed E-state index contributed by atoms with van der Waals surface area (Å²) in [4.78, 5) is 14.3. The fourth-order valence-corrected chi connectivity index (χ4v) is 2.67. The molecule has 1 aromatic carbocycles. The number of amides is 1. The van der Waals surface area contributed by atoms with Gasteiger partial charge in [0, 0.05) is 18.2 Å². The van der Waals surface area contributed by atoms with Crippen molar-refractivity contribution in [1.29, 1.82) is 0 Å². The molecule has 22 heavy (non-hydrogen) atoms. The van der Waals surface area contributed by atoms with Crippen LogP contribution in [0.1, 0.15) is 42.5 Å². The first-order valence-electron chi connectivity index (χ1n) is 8.04. The minimum Gasteiger partial charge on any atom is -0.490 e. The molecule has 1 saturated carbocycles. The smallest absolute Gasteiger partial charge is 0.251 e. The molecule has 0 aliphatic heterocycles. The first-order valence-corrected chi connectivity index (χ1v) is 8.04. The number of nitrogens with one attached hydrogen (secondary N) is 1. The second-order valence-electron chi connectivity index (χ2n) is 6.21. The summed E-state index contributed by atoms with van der Waals surface area (Å²) >= 11 is 0. The van der Waals surface area contributed by atoms with Gasteiger partial charge >= 0.3 is 0 Å². The van der Waals surface area contributed by atoms with Crippen molar-refractivity contribution in [3.63, 3.8) is 0 Å². The molecular formula is C17H27N3O2. The number of likely N-dealkylation sites (N-methyl/N-ethyl adjacent to an activating group) is 1. The van der Waals surface area contributed by atoms with Gasteiger partial charge in [-0.15, -0.1) is 0 Å². The number of nitrogen functional groups attached to an aromatic ring is 1. The molecular weight excluding hydrogens is 278 g/mol. The number of hydrogen-bond acceptors (Lipinski definition) is 4. The van der Waals surface area contributed by atoms with Gasteiger partial charge in [0.05, 0.1) is 5.69 Å². The van der Waals surface area contributed by atoms with Crippen LogP contribution in [0.4, 0.5) is 5.69 Å². The Kier molecular flexibility index (Phi) is 6.07. The SMILES string of the molecule is CN(C)CCOc1ccc(C(=O)NC2CCCCC2)cc1N. The summed E-state index contributed by atoms with van der Waals surface area (Å²) in [5, 5.41) is 3.10. The molecule has 1 aromatic rings. The van der Waals surface area contributed by atoms with E-state index < -0.39 is 0 Å². The molecule has 0 heterocycles. The predicted octanol–water partition coefficient (Wildman–Crippen LogP) is 2.27. The first kappa shape index (κ1) is 16.6. The van der Waals surface area contributed by atoms with Gasteiger partial charge in [0.1, 0.15) is 12.4 Å². The molecule has 2 rings (SSSR count). The van der Waals surface area contributed by atoms with E-state index in [9.17, 15) is 4.79 Å². The summed E-state index contributed by atoms with van der Waals surface area (Å²) in [6.07, 6.45) is 5.83. The molecule has 122 valence electrons. The standard InChI is InChI=1S/C17H27N3O2/c1-20(2)10-11-22-16-9-8-13(12-15(16)18)17(21)19-14-6-4-3-5-7-14/h8-9,12,14H,3-7,10-11,18H2,1-2H3,(H,19,21). The Morgan fingerprint density at radius 3 is 2.68 bits per heavy atom. The maximum absolute atomic E-state index is 12.3. The lowest BCUT2D eigenvalue weighted by Crippen LogP contribution is -2.36. The molecule has 0 atom stereocenters. The zero-order chi connectivity index (χ0) is 15.9. The lowest BCUT2D eigenvalue weighted by molar-refractivity contribution is 0.0927. The Morgan fingerprint density at radius 2 is 2.05 bits per heavy atom. The third-order valence-electron chi connectivity index (χ3n) is 4.01. The molecule has 0 unspecified atom stereocenters. The van der Waals surface area contributed by atoms with Gasteiger partial charge in [-0.2, -0.15) is 0 Å². The molecule has 0 spiro atoms. The third-order valence-corrected chi connectivity index (χ3v) is 4.01. The van der Waals surface area contributed by atoms with Crippen molar-refractivity contribution in [2.24, 2.45) is 0 Å². The van der Waals surface area contributed by atoms with Gasteiger partial charge in [-0.05, 0) is 45.1 Å². The Hall–Kier alpha value is -1.75. The van der Waals surface area contributed by atoms with Crippen LogP contribution in [-0.2, 0) is 0 Å². The molecule has 0 aromatic heterocycles. The highest BCUT2D eigenvalue weighted by molar-refractivity contribution is 5.95. The second kappa shape index (κ2) is 8.03. The van der Waals surface area contributed by atoms with E-state index in [1.807, 2.05) is 19.0 Å². The van der Waals surface area contributed by atoms with Gasteiger partial charge < -0.3 is 20.7 Å². The molecule has 1 aliphatic carbocycles. The van der Waals surface area contributed by atoms with E-state index >= 15 is 0 Å². The fourth-order valence-electron chi connectivity index (χ4n) is 2.67. The fraction of sp³-hybridized carbons (Fsp3) is 0.588. The van der Waals surface area contributed by atoms with E-state index in [0.717, 1.165) is 19.4 Å². The lowest BCUT2D eigenvalue weighted by atomic mass is 9.95. The number of benzene rings is 1. The van der Waals surface area contributed by atoms with Crippen LogP contribution in [0.15, 0.2) is 18.2 Å². The molecule has 3 N–H and O–H groups in total. The Balaban J connectivity index is 1.91. The molecule has 1 amide bonds. The molecule has 5 heteroatoms. The zero-order valence-corrected chi connectivity index (χ0v) is 13.6. The topological polar surface area (TPSA) is 67.6 Å². The molecule has 1 aliphatic rings. The molecule has 5 nitrogen and oxygen atoms in total. The first-order chi connectivity index (χ1) is 10.6. The van der Waals surface area contributed by atoms with Gasteiger partial charge in [0.15, 0.2) is 0 Å². The number of carbonyl (C=O) groups is 1. The monoisotopic (exact) mass is 305 g/mol. The van der Waals surface area contributed by atoms with Crippen LogP contribution in [0.2, 0.25) is 0 Å². The number of carbonyl (C=O) groups excluding carboxylic acids is 1. The van der Waals surface area contributed by atoms with Crippen molar-refractivity contribution < 1.29 is 9.53 Å². The third kappa shape index (κ3) is 4.91. The zero-order valence-electron chi connectivity index (χ0n) is 13.6. The van der Waals surface area contributed by atoms with Gasteiger partial charge in [0.25, 0.3) is 5.91 Å². The Labute approximate surface area is 132 Å². The van der Waals surface area contributed by atoms with Crippen LogP contribution in [0.5, 0.6) is 5.75 Å². The van der Waals surface area contributed by atoms with Crippen LogP contribution >= 0.6 is 0 Å². The summed E-state index contributed by atoms with van der Waals surface area (Å²) < 4.78 is 5.63. The average Bonchev–Trinajstić information content (AvgIpc) is 2.49. The molecule has 0 bridgehead atoms. The molecule has 1 fully saturated rings. The average molecular weight is 305 g/mol. The van der Waals surface area contributed by atoms with Crippen LogP contribution in [-0.4, -0.2) is 44.1 Å². The normalized spacial score (nSPS) is 15.8. The highest BCUT2D eigenvalue weighted by Crippen LogP contribution is 2.23. The maximum atomic E-state index is 12.3. The summed E-state index contributed by atoms with van der Waals surface area (Å²) in [6, 6.07) is 5.56. The van der Waals surface area contributed by atoms with Gasteiger partial charge in [-0.25, -0.2) is 0 Å². The summed E-state index contributed by atoms with van der Waals surface area (Å²) in [6.45, 7) is 1.40. The van der Waals surface area contributed by atoms with E-state index in [1.165, 1.54) is 19.3 Å². The predicted molar refractivity (Wildman–Crippen MR) is 89.2 cm³/mol. The van der Waals surface area contributed by atoms with Gasteiger partial charge in [0.2, 0.25) is 0 Å². The van der Waals surface area contributed by atoms with Crippen LogP contribution in [0.25, 0.3) is 0 Å². The van der Waals surface area contributed by atoms with Crippen LogP contribution < -0.4 is 15.8 Å². The van der Waals surface area contributed by atoms with Crippen molar-refractivity contribution >= 4 is 11.6 Å². The van der Waals surface area contributed by atoms with Crippen LogP contribution in [0.3, 0.4) is 0 Å². The van der Waals surface area contributed by atoms with Crippen molar-refractivity contribution in [2.75, 3.05) is 33.0 Å². The number of hydrogen-bond donors (Lipinski definition) is 2.